The lowest BCUT2D eigenvalue weighted by Crippen LogP contribution is -2.39. The van der Waals surface area contributed by atoms with E-state index in [9.17, 15) is 9.59 Å². The lowest BCUT2D eigenvalue weighted by molar-refractivity contribution is -0.116. The van der Waals surface area contributed by atoms with Crippen molar-refractivity contribution in [3.8, 4) is 5.75 Å². The molecule has 3 N–H and O–H groups in total. The number of ether oxygens (including phenoxy) is 1. The molecule has 0 bridgehead atoms. The first-order valence-electron chi connectivity index (χ1n) is 14.0. The maximum atomic E-state index is 12.6. The lowest BCUT2D eigenvalue weighted by Gasteiger charge is -2.32. The molecule has 2 amide bonds. The standard InChI is InChI=1S/C28H38N8O3S/c1-3-5-10-25(37)31-28-35-34-27(40-28)29-21-13-15-36(16-14-21)24-12-11-23(32-33-24)30-26(38)19-20-8-7-9-22(18-20)39-17-6-4-2/h7-9,11-12,18,21H,3-6,10,13-17,19H2,1-2H3,(H,29,34)(H,30,32,38)(H,31,35,37). The van der Waals surface area contributed by atoms with Gasteiger partial charge in [0.2, 0.25) is 22.1 Å². The molecule has 214 valence electrons. The molecular formula is C28H38N8O3S. The normalized spacial score (nSPS) is 13.6. The highest BCUT2D eigenvalue weighted by Crippen LogP contribution is 2.25. The van der Waals surface area contributed by atoms with Gasteiger partial charge in [0.05, 0.1) is 13.0 Å². The Balaban J connectivity index is 1.20. The molecule has 0 radical (unpaired) electrons. The number of unbranched alkanes of at least 4 members (excludes halogenated alkanes) is 2. The highest BCUT2D eigenvalue weighted by atomic mass is 32.1. The van der Waals surface area contributed by atoms with Crippen LogP contribution >= 0.6 is 11.3 Å². The van der Waals surface area contributed by atoms with Crippen molar-refractivity contribution < 1.29 is 14.3 Å². The summed E-state index contributed by atoms with van der Waals surface area (Å²) in [7, 11) is 0. The van der Waals surface area contributed by atoms with E-state index in [0.29, 0.717) is 29.1 Å². The van der Waals surface area contributed by atoms with E-state index in [-0.39, 0.29) is 24.3 Å². The van der Waals surface area contributed by atoms with Crippen molar-refractivity contribution in [3.05, 3.63) is 42.0 Å². The van der Waals surface area contributed by atoms with Gasteiger partial charge >= 0.3 is 0 Å². The quantitative estimate of drug-likeness (QED) is 0.233. The Kier molecular flexibility index (Phi) is 11.0. The molecule has 0 spiro atoms. The van der Waals surface area contributed by atoms with Gasteiger partial charge in [0.15, 0.2) is 11.6 Å². The largest absolute Gasteiger partial charge is 0.494 e. The molecule has 1 fully saturated rings. The van der Waals surface area contributed by atoms with Gasteiger partial charge in [0.1, 0.15) is 5.75 Å². The zero-order valence-corrected chi connectivity index (χ0v) is 24.0. The van der Waals surface area contributed by atoms with Crippen LogP contribution < -0.4 is 25.6 Å². The fourth-order valence-corrected chi connectivity index (χ4v) is 5.03. The molecule has 4 rings (SSSR count). The van der Waals surface area contributed by atoms with Crippen LogP contribution in [0.1, 0.15) is 64.4 Å². The van der Waals surface area contributed by atoms with Gasteiger partial charge in [0.25, 0.3) is 0 Å². The number of nitrogens with zero attached hydrogens (tertiary/aromatic N) is 5. The number of piperidine rings is 1. The molecule has 2 aromatic heterocycles. The molecule has 0 saturated carbocycles. The molecule has 12 heteroatoms. The number of carbonyl (C=O) groups is 2. The molecule has 40 heavy (non-hydrogen) atoms. The molecule has 1 aliphatic rings. The number of hydrogen-bond acceptors (Lipinski definition) is 10. The van der Waals surface area contributed by atoms with Crippen LogP contribution in [0.15, 0.2) is 36.4 Å². The molecule has 3 heterocycles. The van der Waals surface area contributed by atoms with Crippen molar-refractivity contribution in [1.29, 1.82) is 0 Å². The van der Waals surface area contributed by atoms with Crippen LogP contribution in [0.5, 0.6) is 5.75 Å². The van der Waals surface area contributed by atoms with Crippen LogP contribution in [0.4, 0.5) is 21.9 Å². The van der Waals surface area contributed by atoms with Gasteiger partial charge in [-0.1, -0.05) is 50.2 Å². The van der Waals surface area contributed by atoms with Crippen molar-refractivity contribution in [2.75, 3.05) is 40.5 Å². The average molecular weight is 567 g/mol. The van der Waals surface area contributed by atoms with E-state index < -0.39 is 0 Å². The molecule has 1 aromatic carbocycles. The topological polar surface area (TPSA) is 134 Å². The first-order chi connectivity index (χ1) is 19.5. The van der Waals surface area contributed by atoms with Crippen molar-refractivity contribution in [2.24, 2.45) is 0 Å². The van der Waals surface area contributed by atoms with Gasteiger partial charge in [-0.3, -0.25) is 9.59 Å². The van der Waals surface area contributed by atoms with Crippen LogP contribution in [0.2, 0.25) is 0 Å². The second kappa shape index (κ2) is 15.1. The summed E-state index contributed by atoms with van der Waals surface area (Å²) in [6.45, 7) is 6.48. The molecule has 1 saturated heterocycles. The van der Waals surface area contributed by atoms with Crippen molar-refractivity contribution in [3.63, 3.8) is 0 Å². The Bertz CT molecular complexity index is 1230. The number of aromatic nitrogens is 4. The molecule has 1 aliphatic heterocycles. The maximum Gasteiger partial charge on any atom is 0.229 e. The molecule has 0 unspecified atom stereocenters. The summed E-state index contributed by atoms with van der Waals surface area (Å²) in [6, 6.07) is 11.5. The number of rotatable bonds is 14. The summed E-state index contributed by atoms with van der Waals surface area (Å²) in [5.74, 6) is 1.81. The SMILES string of the molecule is CCCCOc1cccc(CC(=O)Nc2ccc(N3CCC(Nc4nnc(NC(=O)CCCC)s4)CC3)nn2)c1. The van der Waals surface area contributed by atoms with E-state index in [1.54, 1.807) is 6.07 Å². The van der Waals surface area contributed by atoms with Gasteiger partial charge in [-0.2, -0.15) is 0 Å². The second-order valence-electron chi connectivity index (χ2n) is 9.82. The third kappa shape index (κ3) is 9.15. The van der Waals surface area contributed by atoms with Crippen molar-refractivity contribution in [1.82, 2.24) is 20.4 Å². The molecule has 0 aliphatic carbocycles. The number of benzene rings is 1. The number of carbonyl (C=O) groups excluding carboxylic acids is 2. The van der Waals surface area contributed by atoms with Crippen LogP contribution in [0, 0.1) is 0 Å². The first-order valence-corrected chi connectivity index (χ1v) is 14.8. The Hall–Kier alpha value is -3.80. The minimum absolute atomic E-state index is 0.0254. The van der Waals surface area contributed by atoms with Gasteiger partial charge < -0.3 is 25.6 Å². The summed E-state index contributed by atoms with van der Waals surface area (Å²) in [5, 5.41) is 27.1. The van der Waals surface area contributed by atoms with E-state index in [1.807, 2.05) is 30.3 Å². The van der Waals surface area contributed by atoms with Crippen LogP contribution in [0.3, 0.4) is 0 Å². The lowest BCUT2D eigenvalue weighted by atomic mass is 10.1. The van der Waals surface area contributed by atoms with E-state index in [0.717, 1.165) is 68.7 Å². The molecule has 0 atom stereocenters. The maximum absolute atomic E-state index is 12.6. The molecular weight excluding hydrogens is 528 g/mol. The number of hydrogen-bond donors (Lipinski definition) is 3. The zero-order valence-electron chi connectivity index (χ0n) is 23.2. The Morgan fingerprint density at radius 2 is 1.75 bits per heavy atom. The van der Waals surface area contributed by atoms with E-state index in [1.165, 1.54) is 11.3 Å². The van der Waals surface area contributed by atoms with Crippen LogP contribution in [0.25, 0.3) is 0 Å². The molecule has 3 aromatic rings. The smallest absolute Gasteiger partial charge is 0.229 e. The summed E-state index contributed by atoms with van der Waals surface area (Å²) in [5.41, 5.74) is 0.883. The second-order valence-corrected chi connectivity index (χ2v) is 10.8. The zero-order chi connectivity index (χ0) is 28.2. The Labute approximate surface area is 239 Å². The third-order valence-electron chi connectivity index (χ3n) is 6.52. The highest BCUT2D eigenvalue weighted by molar-refractivity contribution is 7.19. The minimum Gasteiger partial charge on any atom is -0.494 e. The summed E-state index contributed by atoms with van der Waals surface area (Å²) < 4.78 is 5.74. The predicted octanol–water partition coefficient (Wildman–Crippen LogP) is 4.90. The van der Waals surface area contributed by atoms with E-state index in [4.69, 9.17) is 4.74 Å². The number of nitrogens with one attached hydrogen (secondary N) is 3. The number of amides is 2. The summed E-state index contributed by atoms with van der Waals surface area (Å²) in [4.78, 5) is 26.6. The van der Waals surface area contributed by atoms with Gasteiger partial charge in [-0.25, -0.2) is 0 Å². The predicted molar refractivity (Wildman–Crippen MR) is 158 cm³/mol. The fourth-order valence-electron chi connectivity index (χ4n) is 4.29. The minimum atomic E-state index is -0.153. The van der Waals surface area contributed by atoms with Gasteiger partial charge in [0, 0.05) is 25.6 Å². The highest BCUT2D eigenvalue weighted by Gasteiger charge is 2.22. The molecule has 11 nitrogen and oxygen atoms in total. The average Bonchev–Trinajstić information content (AvgIpc) is 3.39. The monoisotopic (exact) mass is 566 g/mol. The summed E-state index contributed by atoms with van der Waals surface area (Å²) in [6.07, 6.45) is 6.45. The Morgan fingerprint density at radius 1 is 0.950 bits per heavy atom. The van der Waals surface area contributed by atoms with Gasteiger partial charge in [-0.05, 0) is 55.5 Å². The van der Waals surface area contributed by atoms with Crippen molar-refractivity contribution >= 4 is 45.0 Å². The first kappa shape index (κ1) is 29.2. The third-order valence-corrected chi connectivity index (χ3v) is 7.29. The number of anilines is 4. The Morgan fingerprint density at radius 3 is 2.50 bits per heavy atom. The van der Waals surface area contributed by atoms with E-state index in [2.05, 4.69) is 55.1 Å². The van der Waals surface area contributed by atoms with E-state index >= 15 is 0 Å². The fraction of sp³-hybridized carbons (Fsp3) is 0.500. The summed E-state index contributed by atoms with van der Waals surface area (Å²) >= 11 is 1.35. The van der Waals surface area contributed by atoms with Crippen molar-refractivity contribution in [2.45, 2.75) is 71.3 Å². The van der Waals surface area contributed by atoms with Gasteiger partial charge in [-0.15, -0.1) is 20.4 Å². The van der Waals surface area contributed by atoms with Crippen LogP contribution in [-0.4, -0.2) is 57.9 Å². The van der Waals surface area contributed by atoms with Crippen LogP contribution in [-0.2, 0) is 16.0 Å².